The van der Waals surface area contributed by atoms with Crippen LogP contribution in [0.5, 0.6) is 0 Å². The molecule has 1 aromatic heterocycles. The Morgan fingerprint density at radius 3 is 2.83 bits per heavy atom. The Hall–Kier alpha value is -1.40. The summed E-state index contributed by atoms with van der Waals surface area (Å²) in [6.45, 7) is 2.73. The molecule has 0 bridgehead atoms. The van der Waals surface area contributed by atoms with Crippen LogP contribution in [-0.2, 0) is 16.1 Å². The number of thiophene rings is 1. The first-order valence-corrected chi connectivity index (χ1v) is 9.36. The molecule has 1 unspecified atom stereocenters. The lowest BCUT2D eigenvalue weighted by Crippen LogP contribution is -2.37. The number of rotatable bonds is 7. The maximum atomic E-state index is 12.4. The fourth-order valence-corrected chi connectivity index (χ4v) is 3.69. The molecule has 1 amide bonds. The van der Waals surface area contributed by atoms with Gasteiger partial charge in [-0.25, -0.2) is 0 Å². The fourth-order valence-electron chi connectivity index (χ4n) is 2.82. The number of ether oxygens (including phenoxy) is 1. The van der Waals surface area contributed by atoms with Crippen LogP contribution in [0, 0.1) is 0 Å². The lowest BCUT2D eigenvalue weighted by atomic mass is 10.2. The van der Waals surface area contributed by atoms with Gasteiger partial charge in [0.15, 0.2) is 0 Å². The van der Waals surface area contributed by atoms with E-state index in [1.807, 2.05) is 18.2 Å². The average Bonchev–Trinajstić information content (AvgIpc) is 3.23. The van der Waals surface area contributed by atoms with Gasteiger partial charge in [0.2, 0.25) is 5.91 Å². The topological polar surface area (TPSA) is 41.6 Å². The Bertz CT molecular complexity index is 640. The largest absolute Gasteiger partial charge is 0.377 e. The van der Waals surface area contributed by atoms with Crippen molar-refractivity contribution < 1.29 is 9.53 Å². The molecule has 128 valence electrons. The van der Waals surface area contributed by atoms with Gasteiger partial charge in [0, 0.05) is 35.3 Å². The standard InChI is InChI=1S/C18H21ClN2O2S/c19-14-5-7-15(8-6-14)20-18(22)13-21(11-16-3-1-9-23-16)12-17-4-2-10-24-17/h2,4-8,10,16H,1,3,9,11-13H2,(H,20,22). The predicted octanol–water partition coefficient (Wildman–Crippen LogP) is 4.02. The van der Waals surface area contributed by atoms with Crippen LogP contribution in [0.25, 0.3) is 0 Å². The van der Waals surface area contributed by atoms with Crippen molar-refractivity contribution >= 4 is 34.5 Å². The molecule has 0 aliphatic carbocycles. The third-order valence-corrected chi connectivity index (χ3v) is 5.05. The van der Waals surface area contributed by atoms with Gasteiger partial charge in [-0.2, -0.15) is 0 Å². The maximum Gasteiger partial charge on any atom is 0.238 e. The average molecular weight is 365 g/mol. The van der Waals surface area contributed by atoms with Crippen LogP contribution in [0.2, 0.25) is 5.02 Å². The predicted molar refractivity (Wildman–Crippen MR) is 98.7 cm³/mol. The first-order chi connectivity index (χ1) is 11.7. The van der Waals surface area contributed by atoms with Crippen molar-refractivity contribution in [3.63, 3.8) is 0 Å². The Labute approximate surface area is 151 Å². The molecule has 1 aromatic carbocycles. The molecule has 3 rings (SSSR count). The van der Waals surface area contributed by atoms with Gasteiger partial charge in [-0.3, -0.25) is 9.69 Å². The van der Waals surface area contributed by atoms with E-state index in [4.69, 9.17) is 16.3 Å². The molecule has 24 heavy (non-hydrogen) atoms. The number of benzene rings is 1. The maximum absolute atomic E-state index is 12.4. The molecule has 6 heteroatoms. The highest BCUT2D eigenvalue weighted by atomic mass is 35.5. The van der Waals surface area contributed by atoms with Crippen molar-refractivity contribution in [1.82, 2.24) is 4.90 Å². The van der Waals surface area contributed by atoms with Crippen LogP contribution < -0.4 is 5.32 Å². The summed E-state index contributed by atoms with van der Waals surface area (Å²) in [5, 5.41) is 5.65. The summed E-state index contributed by atoms with van der Waals surface area (Å²) < 4.78 is 5.73. The number of carbonyl (C=O) groups excluding carboxylic acids is 1. The zero-order chi connectivity index (χ0) is 16.8. The molecule has 1 N–H and O–H groups in total. The molecule has 4 nitrogen and oxygen atoms in total. The molecule has 1 fully saturated rings. The van der Waals surface area contributed by atoms with E-state index < -0.39 is 0 Å². The Balaban J connectivity index is 1.58. The number of hydrogen-bond donors (Lipinski definition) is 1. The van der Waals surface area contributed by atoms with Crippen LogP contribution >= 0.6 is 22.9 Å². The minimum atomic E-state index is -0.0214. The van der Waals surface area contributed by atoms with Crippen molar-refractivity contribution in [2.45, 2.75) is 25.5 Å². The first kappa shape index (κ1) is 17.4. The molecular formula is C18H21ClN2O2S. The minimum Gasteiger partial charge on any atom is -0.377 e. The molecule has 0 radical (unpaired) electrons. The van der Waals surface area contributed by atoms with E-state index in [9.17, 15) is 4.79 Å². The second kappa shape index (κ2) is 8.62. The third-order valence-electron chi connectivity index (χ3n) is 3.94. The molecular weight excluding hydrogens is 344 g/mol. The van der Waals surface area contributed by atoms with E-state index in [1.54, 1.807) is 23.5 Å². The quantitative estimate of drug-likeness (QED) is 0.806. The van der Waals surface area contributed by atoms with Crippen LogP contribution in [-0.4, -0.2) is 36.6 Å². The summed E-state index contributed by atoms with van der Waals surface area (Å²) in [6, 6.07) is 11.3. The number of hydrogen-bond acceptors (Lipinski definition) is 4. The zero-order valence-electron chi connectivity index (χ0n) is 13.4. The molecule has 1 saturated heterocycles. The van der Waals surface area contributed by atoms with Gasteiger partial charge < -0.3 is 10.1 Å². The van der Waals surface area contributed by atoms with E-state index in [0.717, 1.165) is 38.2 Å². The minimum absolute atomic E-state index is 0.0214. The van der Waals surface area contributed by atoms with E-state index >= 15 is 0 Å². The summed E-state index contributed by atoms with van der Waals surface area (Å²) in [5.41, 5.74) is 0.762. The van der Waals surface area contributed by atoms with E-state index in [2.05, 4.69) is 21.7 Å². The molecule has 0 saturated carbocycles. The van der Waals surface area contributed by atoms with E-state index in [-0.39, 0.29) is 12.0 Å². The third kappa shape index (κ3) is 5.31. The Morgan fingerprint density at radius 1 is 1.33 bits per heavy atom. The highest BCUT2D eigenvalue weighted by molar-refractivity contribution is 7.09. The molecule has 2 heterocycles. The van der Waals surface area contributed by atoms with E-state index in [0.29, 0.717) is 11.6 Å². The van der Waals surface area contributed by atoms with Crippen molar-refractivity contribution in [1.29, 1.82) is 0 Å². The van der Waals surface area contributed by atoms with E-state index in [1.165, 1.54) is 4.88 Å². The summed E-state index contributed by atoms with van der Waals surface area (Å²) in [5.74, 6) is -0.0214. The number of anilines is 1. The number of halogens is 1. The summed E-state index contributed by atoms with van der Waals surface area (Å²) >= 11 is 7.59. The summed E-state index contributed by atoms with van der Waals surface area (Å²) in [6.07, 6.45) is 2.40. The molecule has 1 aliphatic heterocycles. The number of nitrogens with zero attached hydrogens (tertiary/aromatic N) is 1. The number of nitrogens with one attached hydrogen (secondary N) is 1. The van der Waals surface area contributed by atoms with Gasteiger partial charge in [0.1, 0.15) is 0 Å². The highest BCUT2D eigenvalue weighted by Crippen LogP contribution is 2.18. The zero-order valence-corrected chi connectivity index (χ0v) is 15.0. The molecule has 1 aliphatic rings. The normalized spacial score (nSPS) is 17.3. The van der Waals surface area contributed by atoms with Gasteiger partial charge in [-0.15, -0.1) is 11.3 Å². The first-order valence-electron chi connectivity index (χ1n) is 8.11. The van der Waals surface area contributed by atoms with Crippen molar-refractivity contribution in [2.24, 2.45) is 0 Å². The molecule has 0 spiro atoms. The lowest BCUT2D eigenvalue weighted by Gasteiger charge is -2.24. The Morgan fingerprint density at radius 2 is 2.17 bits per heavy atom. The summed E-state index contributed by atoms with van der Waals surface area (Å²) in [7, 11) is 0. The number of amides is 1. The van der Waals surface area contributed by atoms with Crippen LogP contribution in [0.1, 0.15) is 17.7 Å². The fraction of sp³-hybridized carbons (Fsp3) is 0.389. The van der Waals surface area contributed by atoms with Gasteiger partial charge in [0.05, 0.1) is 12.6 Å². The van der Waals surface area contributed by atoms with Crippen LogP contribution in [0.4, 0.5) is 5.69 Å². The van der Waals surface area contributed by atoms with Crippen molar-refractivity contribution in [3.05, 3.63) is 51.7 Å². The monoisotopic (exact) mass is 364 g/mol. The Kier molecular flexibility index (Phi) is 6.26. The second-order valence-electron chi connectivity index (χ2n) is 5.94. The molecule has 2 aromatic rings. The van der Waals surface area contributed by atoms with Crippen LogP contribution in [0.15, 0.2) is 41.8 Å². The smallest absolute Gasteiger partial charge is 0.238 e. The molecule has 1 atom stereocenters. The van der Waals surface area contributed by atoms with Gasteiger partial charge in [-0.05, 0) is 48.6 Å². The summed E-state index contributed by atoms with van der Waals surface area (Å²) in [4.78, 5) is 15.8. The SMILES string of the molecule is O=C(CN(Cc1cccs1)CC1CCCO1)Nc1ccc(Cl)cc1. The van der Waals surface area contributed by atoms with Gasteiger partial charge >= 0.3 is 0 Å². The van der Waals surface area contributed by atoms with Crippen LogP contribution in [0.3, 0.4) is 0 Å². The van der Waals surface area contributed by atoms with Gasteiger partial charge in [-0.1, -0.05) is 17.7 Å². The van der Waals surface area contributed by atoms with Crippen molar-refractivity contribution in [2.75, 3.05) is 25.0 Å². The van der Waals surface area contributed by atoms with Crippen molar-refractivity contribution in [3.8, 4) is 0 Å². The second-order valence-corrected chi connectivity index (χ2v) is 7.41. The highest BCUT2D eigenvalue weighted by Gasteiger charge is 2.21. The lowest BCUT2D eigenvalue weighted by molar-refractivity contribution is -0.117. The van der Waals surface area contributed by atoms with Gasteiger partial charge in [0.25, 0.3) is 0 Å². The number of carbonyl (C=O) groups is 1.